The molecule has 0 N–H and O–H groups in total. The molecule has 2 heteroatoms. The second kappa shape index (κ2) is 6.65. The Labute approximate surface area is 106 Å². The first-order valence-electron chi connectivity index (χ1n) is 6.42. The monoisotopic (exact) mass is 235 g/mol. The minimum absolute atomic E-state index is 0.741. The normalized spacial score (nSPS) is 10.9. The summed E-state index contributed by atoms with van der Waals surface area (Å²) in [5, 5.41) is 0. The molecular formula is C15H25NO. The van der Waals surface area contributed by atoms with Crippen molar-refractivity contribution in [3.63, 3.8) is 0 Å². The van der Waals surface area contributed by atoms with Gasteiger partial charge in [-0.05, 0) is 65.4 Å². The third-order valence-corrected chi connectivity index (χ3v) is 2.84. The van der Waals surface area contributed by atoms with Crippen molar-refractivity contribution in [2.24, 2.45) is 0 Å². The molecule has 2 nitrogen and oxygen atoms in total. The van der Waals surface area contributed by atoms with Gasteiger partial charge >= 0.3 is 0 Å². The number of nitrogens with zero attached hydrogens (tertiary/aromatic N) is 1. The van der Waals surface area contributed by atoms with Crippen molar-refractivity contribution < 1.29 is 4.74 Å². The molecule has 96 valence electrons. The van der Waals surface area contributed by atoms with Crippen LogP contribution in [0.25, 0.3) is 0 Å². The lowest BCUT2D eigenvalue weighted by Gasteiger charge is -2.15. The molecule has 1 aromatic carbocycles. The standard InChI is InChI=1S/C15H25NO/c1-6-17-15-13(3)10-12(2)11-14(15)8-7-9-16(4)5/h10-11H,6-9H2,1-5H3. The number of hydrogen-bond donors (Lipinski definition) is 0. The zero-order valence-electron chi connectivity index (χ0n) is 11.8. The smallest absolute Gasteiger partial charge is 0.125 e. The highest BCUT2D eigenvalue weighted by Gasteiger charge is 2.08. The lowest BCUT2D eigenvalue weighted by molar-refractivity contribution is 0.332. The molecule has 0 aliphatic heterocycles. The summed E-state index contributed by atoms with van der Waals surface area (Å²) in [6.45, 7) is 8.19. The highest BCUT2D eigenvalue weighted by molar-refractivity contribution is 5.43. The van der Waals surface area contributed by atoms with Crippen molar-refractivity contribution in [3.05, 3.63) is 28.8 Å². The molecular weight excluding hydrogens is 210 g/mol. The van der Waals surface area contributed by atoms with Crippen LogP contribution in [0, 0.1) is 13.8 Å². The van der Waals surface area contributed by atoms with Crippen molar-refractivity contribution in [1.29, 1.82) is 0 Å². The fourth-order valence-electron chi connectivity index (χ4n) is 2.16. The molecule has 0 radical (unpaired) electrons. The van der Waals surface area contributed by atoms with Crippen molar-refractivity contribution in [3.8, 4) is 5.75 Å². The lowest BCUT2D eigenvalue weighted by Crippen LogP contribution is -2.13. The summed E-state index contributed by atoms with van der Waals surface area (Å²) in [4.78, 5) is 2.23. The Morgan fingerprint density at radius 3 is 2.47 bits per heavy atom. The van der Waals surface area contributed by atoms with Crippen LogP contribution in [-0.4, -0.2) is 32.1 Å². The Morgan fingerprint density at radius 2 is 1.88 bits per heavy atom. The third-order valence-electron chi connectivity index (χ3n) is 2.84. The Kier molecular flexibility index (Phi) is 5.49. The largest absolute Gasteiger partial charge is 0.493 e. The molecule has 0 aliphatic carbocycles. The number of aryl methyl sites for hydroxylation is 3. The Bertz CT molecular complexity index is 358. The van der Waals surface area contributed by atoms with E-state index in [1.807, 2.05) is 6.92 Å². The third kappa shape index (κ3) is 4.39. The topological polar surface area (TPSA) is 12.5 Å². The van der Waals surface area contributed by atoms with Crippen LogP contribution >= 0.6 is 0 Å². The van der Waals surface area contributed by atoms with Crippen LogP contribution in [0.3, 0.4) is 0 Å². The fraction of sp³-hybridized carbons (Fsp3) is 0.600. The second-order valence-corrected chi connectivity index (χ2v) is 4.91. The summed E-state index contributed by atoms with van der Waals surface area (Å²) in [7, 11) is 4.23. The molecule has 0 spiro atoms. The Hall–Kier alpha value is -1.02. The van der Waals surface area contributed by atoms with E-state index in [-0.39, 0.29) is 0 Å². The van der Waals surface area contributed by atoms with Gasteiger partial charge in [-0.2, -0.15) is 0 Å². The molecule has 0 aliphatic rings. The Morgan fingerprint density at radius 1 is 1.18 bits per heavy atom. The van der Waals surface area contributed by atoms with Crippen LogP contribution in [0.5, 0.6) is 5.75 Å². The number of benzene rings is 1. The van der Waals surface area contributed by atoms with Gasteiger partial charge in [0.2, 0.25) is 0 Å². The highest BCUT2D eigenvalue weighted by atomic mass is 16.5. The molecule has 0 atom stereocenters. The van der Waals surface area contributed by atoms with Crippen molar-refractivity contribution in [1.82, 2.24) is 4.90 Å². The predicted octanol–water partition coefficient (Wildman–Crippen LogP) is 3.20. The number of hydrogen-bond acceptors (Lipinski definition) is 2. The first-order valence-corrected chi connectivity index (χ1v) is 6.42. The first kappa shape index (κ1) is 14.0. The van der Waals surface area contributed by atoms with Gasteiger partial charge in [-0.25, -0.2) is 0 Å². The molecule has 0 amide bonds. The lowest BCUT2D eigenvalue weighted by atomic mass is 10.0. The van der Waals surface area contributed by atoms with Gasteiger partial charge in [0.15, 0.2) is 0 Å². The van der Waals surface area contributed by atoms with Gasteiger partial charge < -0.3 is 9.64 Å². The van der Waals surface area contributed by atoms with E-state index in [0.717, 1.165) is 25.3 Å². The van der Waals surface area contributed by atoms with Gasteiger partial charge in [0, 0.05) is 0 Å². The summed E-state index contributed by atoms with van der Waals surface area (Å²) >= 11 is 0. The van der Waals surface area contributed by atoms with Gasteiger partial charge in [0.1, 0.15) is 5.75 Å². The predicted molar refractivity (Wildman–Crippen MR) is 74.0 cm³/mol. The molecule has 0 heterocycles. The van der Waals surface area contributed by atoms with Gasteiger partial charge in [-0.3, -0.25) is 0 Å². The van der Waals surface area contributed by atoms with Crippen molar-refractivity contribution >= 4 is 0 Å². The summed E-state index contributed by atoms with van der Waals surface area (Å²) in [5.41, 5.74) is 3.93. The van der Waals surface area contributed by atoms with E-state index in [4.69, 9.17) is 4.74 Å². The van der Waals surface area contributed by atoms with Crippen LogP contribution in [-0.2, 0) is 6.42 Å². The quantitative estimate of drug-likeness (QED) is 0.751. The highest BCUT2D eigenvalue weighted by Crippen LogP contribution is 2.26. The molecule has 0 unspecified atom stereocenters. The maximum Gasteiger partial charge on any atom is 0.125 e. The minimum atomic E-state index is 0.741. The maximum atomic E-state index is 5.77. The molecule has 1 aromatic rings. The molecule has 0 bridgehead atoms. The zero-order chi connectivity index (χ0) is 12.8. The van der Waals surface area contributed by atoms with E-state index in [2.05, 4.69) is 45.0 Å². The SMILES string of the molecule is CCOc1c(C)cc(C)cc1CCCN(C)C. The molecule has 0 saturated heterocycles. The molecule has 0 aromatic heterocycles. The van der Waals surface area contributed by atoms with Crippen LogP contribution in [0.4, 0.5) is 0 Å². The van der Waals surface area contributed by atoms with E-state index in [0.29, 0.717) is 0 Å². The average Bonchev–Trinajstić information content (AvgIpc) is 2.22. The summed E-state index contributed by atoms with van der Waals surface area (Å²) < 4.78 is 5.77. The van der Waals surface area contributed by atoms with E-state index < -0.39 is 0 Å². The van der Waals surface area contributed by atoms with Gasteiger partial charge in [-0.1, -0.05) is 17.7 Å². The summed E-state index contributed by atoms with van der Waals surface area (Å²) in [5.74, 6) is 1.09. The Balaban J connectivity index is 2.80. The van der Waals surface area contributed by atoms with Crippen LogP contribution in [0.2, 0.25) is 0 Å². The average molecular weight is 235 g/mol. The van der Waals surface area contributed by atoms with Crippen molar-refractivity contribution in [2.45, 2.75) is 33.6 Å². The number of ether oxygens (including phenoxy) is 1. The van der Waals surface area contributed by atoms with Crippen LogP contribution < -0.4 is 4.74 Å². The van der Waals surface area contributed by atoms with Gasteiger partial charge in [0.25, 0.3) is 0 Å². The molecule has 0 saturated carbocycles. The molecule has 1 rings (SSSR count). The van der Waals surface area contributed by atoms with Gasteiger partial charge in [0.05, 0.1) is 6.61 Å². The number of rotatable bonds is 6. The van der Waals surface area contributed by atoms with E-state index in [9.17, 15) is 0 Å². The molecule has 17 heavy (non-hydrogen) atoms. The summed E-state index contributed by atoms with van der Waals surface area (Å²) in [6, 6.07) is 4.45. The minimum Gasteiger partial charge on any atom is -0.493 e. The molecule has 0 fully saturated rings. The first-order chi connectivity index (χ1) is 8.04. The maximum absolute atomic E-state index is 5.77. The van der Waals surface area contributed by atoms with Crippen LogP contribution in [0.15, 0.2) is 12.1 Å². The van der Waals surface area contributed by atoms with E-state index in [1.54, 1.807) is 0 Å². The summed E-state index contributed by atoms with van der Waals surface area (Å²) in [6.07, 6.45) is 2.27. The van der Waals surface area contributed by atoms with E-state index >= 15 is 0 Å². The van der Waals surface area contributed by atoms with Crippen molar-refractivity contribution in [2.75, 3.05) is 27.2 Å². The van der Waals surface area contributed by atoms with Gasteiger partial charge in [-0.15, -0.1) is 0 Å². The zero-order valence-corrected chi connectivity index (χ0v) is 11.8. The fourth-order valence-corrected chi connectivity index (χ4v) is 2.16. The second-order valence-electron chi connectivity index (χ2n) is 4.91. The van der Waals surface area contributed by atoms with Crippen LogP contribution in [0.1, 0.15) is 30.0 Å². The van der Waals surface area contributed by atoms with E-state index in [1.165, 1.54) is 23.1 Å².